The average Bonchev–Trinajstić information content (AvgIpc) is 3.12. The van der Waals surface area contributed by atoms with Crippen molar-refractivity contribution >= 4 is 40.5 Å². The quantitative estimate of drug-likeness (QED) is 0.710. The molecule has 2 aromatic rings. The fourth-order valence-corrected chi connectivity index (χ4v) is 5.19. The first-order valence-electron chi connectivity index (χ1n) is 9.97. The molecule has 3 amide bonds. The highest BCUT2D eigenvalue weighted by molar-refractivity contribution is 8.13. The summed E-state index contributed by atoms with van der Waals surface area (Å²) in [6, 6.07) is 13.6. The van der Waals surface area contributed by atoms with E-state index in [1.807, 2.05) is 23.1 Å². The van der Waals surface area contributed by atoms with Gasteiger partial charge in [0.15, 0.2) is 17.4 Å². The molecule has 2 heterocycles. The third-order valence-electron chi connectivity index (χ3n) is 5.44. The van der Waals surface area contributed by atoms with E-state index in [1.54, 1.807) is 19.2 Å². The summed E-state index contributed by atoms with van der Waals surface area (Å²) in [6.07, 6.45) is 1.05. The molecule has 2 atom stereocenters. The molecule has 31 heavy (non-hydrogen) atoms. The van der Waals surface area contributed by atoms with Crippen molar-refractivity contribution in [3.05, 3.63) is 70.5 Å². The zero-order chi connectivity index (χ0) is 22.0. The molecule has 6 nitrogen and oxygen atoms in total. The first-order valence-corrected chi connectivity index (χ1v) is 11.3. The van der Waals surface area contributed by atoms with Gasteiger partial charge in [0, 0.05) is 29.9 Å². The van der Waals surface area contributed by atoms with E-state index >= 15 is 0 Å². The van der Waals surface area contributed by atoms with Crippen LogP contribution in [0, 0.1) is 5.82 Å². The molecule has 0 spiro atoms. The molecule has 1 saturated heterocycles. The zero-order valence-electron chi connectivity index (χ0n) is 16.9. The Hall–Kier alpha value is -2.58. The third-order valence-corrected chi connectivity index (χ3v) is 6.82. The molecule has 1 fully saturated rings. The number of hydrogen-bond acceptors (Lipinski definition) is 5. The summed E-state index contributed by atoms with van der Waals surface area (Å²) >= 11 is 7.49. The molecule has 2 aliphatic heterocycles. The number of halogens is 2. The minimum atomic E-state index is -0.600. The lowest BCUT2D eigenvalue weighted by molar-refractivity contribution is -0.127. The predicted molar refractivity (Wildman–Crippen MR) is 120 cm³/mol. The van der Waals surface area contributed by atoms with Gasteiger partial charge in [-0.15, -0.1) is 0 Å². The fraction of sp³-hybridized carbons (Fsp3) is 0.318. The number of aryl methyl sites for hydroxylation is 1. The Balaban J connectivity index is 1.52. The number of hydrogen-bond donors (Lipinski definition) is 1. The second-order valence-electron chi connectivity index (χ2n) is 7.45. The van der Waals surface area contributed by atoms with E-state index in [1.165, 1.54) is 28.3 Å². The first kappa shape index (κ1) is 21.6. The van der Waals surface area contributed by atoms with Crippen LogP contribution in [-0.2, 0) is 17.0 Å². The standard InChI is InChI=1S/C22H22ClFN4O2S/c1-27-19-18(20(29)26-21(27)30)28(12-6-9-14-7-3-2-4-8-14)22(25-19)31-13-15-16(23)10-5-11-17(15)24/h2-5,7-8,10-11,18-19H,6,9,12-13H2,1H3,(H,26,29,30). The van der Waals surface area contributed by atoms with E-state index < -0.39 is 18.2 Å². The number of aliphatic imine (C=N–C) groups is 1. The summed E-state index contributed by atoms with van der Waals surface area (Å²) in [6.45, 7) is 0.586. The van der Waals surface area contributed by atoms with E-state index in [0.717, 1.165) is 12.8 Å². The maximum atomic E-state index is 14.2. The van der Waals surface area contributed by atoms with Gasteiger partial charge in [-0.1, -0.05) is 59.8 Å². The number of amides is 3. The highest BCUT2D eigenvalue weighted by Gasteiger charge is 2.48. The Kier molecular flexibility index (Phi) is 6.48. The Morgan fingerprint density at radius 3 is 2.68 bits per heavy atom. The van der Waals surface area contributed by atoms with Crippen molar-refractivity contribution in [3.8, 4) is 0 Å². The highest BCUT2D eigenvalue weighted by Crippen LogP contribution is 2.32. The minimum Gasteiger partial charge on any atom is -0.336 e. The van der Waals surface area contributed by atoms with Gasteiger partial charge in [0.25, 0.3) is 5.91 Å². The maximum absolute atomic E-state index is 14.2. The van der Waals surface area contributed by atoms with Crippen LogP contribution in [0.15, 0.2) is 53.5 Å². The van der Waals surface area contributed by atoms with E-state index in [9.17, 15) is 14.0 Å². The summed E-state index contributed by atoms with van der Waals surface area (Å²) in [5, 5.41) is 3.36. The molecule has 2 unspecified atom stereocenters. The molecule has 0 aromatic heterocycles. The fourth-order valence-electron chi connectivity index (χ4n) is 3.76. The van der Waals surface area contributed by atoms with Crippen molar-refractivity contribution in [3.63, 3.8) is 0 Å². The number of benzene rings is 2. The van der Waals surface area contributed by atoms with Gasteiger partial charge in [-0.05, 0) is 30.5 Å². The summed E-state index contributed by atoms with van der Waals surface area (Å²) in [5.74, 6) is -0.467. The van der Waals surface area contributed by atoms with Gasteiger partial charge in [-0.2, -0.15) is 0 Å². The van der Waals surface area contributed by atoms with E-state index in [4.69, 9.17) is 11.6 Å². The molecule has 0 bridgehead atoms. The van der Waals surface area contributed by atoms with Gasteiger partial charge in [0.05, 0.1) is 0 Å². The average molecular weight is 461 g/mol. The lowest BCUT2D eigenvalue weighted by Crippen LogP contribution is -2.63. The van der Waals surface area contributed by atoms with Crippen molar-refractivity contribution in [2.45, 2.75) is 30.8 Å². The minimum absolute atomic E-state index is 0.276. The molecule has 2 aliphatic rings. The smallest absolute Gasteiger partial charge is 0.325 e. The van der Waals surface area contributed by atoms with Gasteiger partial charge >= 0.3 is 6.03 Å². The predicted octanol–water partition coefficient (Wildman–Crippen LogP) is 3.89. The molecule has 0 aliphatic carbocycles. The molecule has 4 rings (SSSR count). The van der Waals surface area contributed by atoms with Crippen molar-refractivity contribution in [1.82, 2.24) is 15.1 Å². The highest BCUT2D eigenvalue weighted by atomic mass is 35.5. The molecule has 0 saturated carbocycles. The van der Waals surface area contributed by atoms with Crippen molar-refractivity contribution in [2.24, 2.45) is 4.99 Å². The normalized spacial score (nSPS) is 20.5. The summed E-state index contributed by atoms with van der Waals surface area (Å²) in [5.41, 5.74) is 1.60. The summed E-state index contributed by atoms with van der Waals surface area (Å²) in [7, 11) is 1.62. The van der Waals surface area contributed by atoms with Crippen LogP contribution in [0.3, 0.4) is 0 Å². The third kappa shape index (κ3) is 4.55. The number of urea groups is 1. The van der Waals surface area contributed by atoms with Crippen LogP contribution in [0.4, 0.5) is 9.18 Å². The molecular formula is C22H22ClFN4O2S. The van der Waals surface area contributed by atoms with Crippen LogP contribution < -0.4 is 5.32 Å². The number of fused-ring (bicyclic) bond motifs is 1. The van der Waals surface area contributed by atoms with Crippen LogP contribution in [0.5, 0.6) is 0 Å². The van der Waals surface area contributed by atoms with E-state index in [-0.39, 0.29) is 17.5 Å². The molecule has 0 radical (unpaired) electrons. The van der Waals surface area contributed by atoms with E-state index in [0.29, 0.717) is 22.3 Å². The Morgan fingerprint density at radius 1 is 1.16 bits per heavy atom. The monoisotopic (exact) mass is 460 g/mol. The summed E-state index contributed by atoms with van der Waals surface area (Å²) in [4.78, 5) is 32.7. The molecule has 1 N–H and O–H groups in total. The lowest BCUT2D eigenvalue weighted by atomic mass is 10.1. The molecule has 2 aromatic carbocycles. The zero-order valence-corrected chi connectivity index (χ0v) is 18.5. The molecule has 9 heteroatoms. The van der Waals surface area contributed by atoms with Gasteiger partial charge in [-0.25, -0.2) is 14.2 Å². The van der Waals surface area contributed by atoms with Gasteiger partial charge in [-0.3, -0.25) is 10.1 Å². The Morgan fingerprint density at radius 2 is 1.94 bits per heavy atom. The van der Waals surface area contributed by atoms with Crippen LogP contribution in [0.25, 0.3) is 0 Å². The number of imide groups is 1. The summed E-state index contributed by atoms with van der Waals surface area (Å²) < 4.78 is 14.2. The molecular weight excluding hydrogens is 439 g/mol. The number of amidine groups is 1. The van der Waals surface area contributed by atoms with Crippen LogP contribution in [-0.4, -0.2) is 52.7 Å². The van der Waals surface area contributed by atoms with Crippen molar-refractivity contribution in [1.29, 1.82) is 0 Å². The Labute approximate surface area is 189 Å². The number of carbonyl (C=O) groups is 2. The number of likely N-dealkylation sites (N-methyl/N-ethyl adjacent to an activating group) is 1. The van der Waals surface area contributed by atoms with Crippen LogP contribution in [0.1, 0.15) is 17.5 Å². The van der Waals surface area contributed by atoms with E-state index in [2.05, 4.69) is 22.4 Å². The maximum Gasteiger partial charge on any atom is 0.325 e. The van der Waals surface area contributed by atoms with Gasteiger partial charge < -0.3 is 9.80 Å². The lowest BCUT2D eigenvalue weighted by Gasteiger charge is -2.36. The first-order chi connectivity index (χ1) is 15.0. The number of carbonyl (C=O) groups excluding carboxylic acids is 2. The van der Waals surface area contributed by atoms with Crippen molar-refractivity contribution < 1.29 is 14.0 Å². The second kappa shape index (κ2) is 9.28. The molecule has 162 valence electrons. The topological polar surface area (TPSA) is 65.0 Å². The van der Waals surface area contributed by atoms with Crippen LogP contribution in [0.2, 0.25) is 5.02 Å². The number of rotatable bonds is 6. The van der Waals surface area contributed by atoms with Gasteiger partial charge in [0.1, 0.15) is 5.82 Å². The second-order valence-corrected chi connectivity index (χ2v) is 8.80. The van der Waals surface area contributed by atoms with Crippen molar-refractivity contribution in [2.75, 3.05) is 13.6 Å². The van der Waals surface area contributed by atoms with Gasteiger partial charge in [0.2, 0.25) is 0 Å². The Bertz CT molecular complexity index is 1000. The van der Waals surface area contributed by atoms with Crippen LogP contribution >= 0.6 is 23.4 Å². The number of thioether (sulfide) groups is 1. The SMILES string of the molecule is CN1C(=O)NC(=O)C2C1N=C(SCc1c(F)cccc1Cl)N2CCCc1ccccc1. The largest absolute Gasteiger partial charge is 0.336 e. The number of nitrogens with zero attached hydrogens (tertiary/aromatic N) is 3. The number of nitrogens with one attached hydrogen (secondary N) is 1.